The standard InChI is InChI=1S/C22H17N5/c1-4-16-12-18-6-2-8-20(26-18)22(15-10-11-23-24-14-15)21-9-3-7-19(27-21)13-17(5-1)25-16/h1-11,14,22H,12-13H2. The van der Waals surface area contributed by atoms with E-state index in [1.54, 1.807) is 12.4 Å². The second kappa shape index (κ2) is 6.68. The Labute approximate surface area is 157 Å². The van der Waals surface area contributed by atoms with E-state index < -0.39 is 0 Å². The SMILES string of the molecule is c1cc2nc(c1)Cc1cccc(n1)C(c1ccnnc1)c1cccc(n1)C2. The average Bonchev–Trinajstić information content (AvgIpc) is 2.69. The molecule has 0 aliphatic carbocycles. The van der Waals surface area contributed by atoms with Crippen molar-refractivity contribution in [2.24, 2.45) is 0 Å². The molecular weight excluding hydrogens is 334 g/mol. The van der Waals surface area contributed by atoms with Gasteiger partial charge in [-0.2, -0.15) is 10.2 Å². The van der Waals surface area contributed by atoms with Crippen molar-refractivity contribution >= 4 is 0 Å². The molecule has 0 fully saturated rings. The second-order valence-corrected chi connectivity index (χ2v) is 6.69. The molecule has 27 heavy (non-hydrogen) atoms. The quantitative estimate of drug-likeness (QED) is 0.463. The van der Waals surface area contributed by atoms with Crippen molar-refractivity contribution in [2.75, 3.05) is 0 Å². The first-order valence-electron chi connectivity index (χ1n) is 8.98. The third-order valence-electron chi connectivity index (χ3n) is 4.78. The summed E-state index contributed by atoms with van der Waals surface area (Å²) >= 11 is 0. The highest BCUT2D eigenvalue weighted by atomic mass is 15.1. The van der Waals surface area contributed by atoms with Gasteiger partial charge in [0.1, 0.15) is 0 Å². The number of aromatic nitrogens is 5. The molecule has 0 aromatic carbocycles. The van der Waals surface area contributed by atoms with Gasteiger partial charge in [0.15, 0.2) is 0 Å². The van der Waals surface area contributed by atoms with Crippen molar-refractivity contribution in [3.05, 3.63) is 113 Å². The minimum absolute atomic E-state index is 0.0777. The van der Waals surface area contributed by atoms with E-state index in [1.165, 1.54) is 0 Å². The van der Waals surface area contributed by atoms with E-state index in [1.807, 2.05) is 6.07 Å². The molecule has 6 bridgehead atoms. The van der Waals surface area contributed by atoms with Crippen LogP contribution < -0.4 is 0 Å². The largest absolute Gasteiger partial charge is 0.257 e. The van der Waals surface area contributed by atoms with Crippen LogP contribution in [0.15, 0.2) is 73.1 Å². The van der Waals surface area contributed by atoms with Crippen molar-refractivity contribution in [1.29, 1.82) is 0 Å². The first kappa shape index (κ1) is 15.8. The van der Waals surface area contributed by atoms with E-state index in [0.717, 1.165) is 39.7 Å². The van der Waals surface area contributed by atoms with Gasteiger partial charge in [0, 0.05) is 41.8 Å². The molecule has 0 N–H and O–H groups in total. The fourth-order valence-electron chi connectivity index (χ4n) is 3.58. The molecule has 5 heterocycles. The summed E-state index contributed by atoms with van der Waals surface area (Å²) in [5.74, 6) is -0.0777. The average molecular weight is 351 g/mol. The summed E-state index contributed by atoms with van der Waals surface area (Å²) < 4.78 is 0. The minimum Gasteiger partial charge on any atom is -0.257 e. The van der Waals surface area contributed by atoms with Crippen LogP contribution in [0.1, 0.15) is 45.6 Å². The number of nitrogens with zero attached hydrogens (tertiary/aromatic N) is 5. The van der Waals surface area contributed by atoms with E-state index in [4.69, 9.17) is 15.0 Å². The highest BCUT2D eigenvalue weighted by Gasteiger charge is 2.21. The molecule has 0 saturated carbocycles. The highest BCUT2D eigenvalue weighted by molar-refractivity contribution is 5.37. The third-order valence-corrected chi connectivity index (χ3v) is 4.78. The Hall–Kier alpha value is -3.47. The van der Waals surface area contributed by atoms with Crippen LogP contribution in [0.2, 0.25) is 0 Å². The first-order valence-corrected chi connectivity index (χ1v) is 8.98. The van der Waals surface area contributed by atoms with Gasteiger partial charge < -0.3 is 0 Å². The summed E-state index contributed by atoms with van der Waals surface area (Å²) in [6.07, 6.45) is 4.94. The molecule has 4 aromatic rings. The zero-order valence-corrected chi connectivity index (χ0v) is 14.7. The van der Waals surface area contributed by atoms with Crippen molar-refractivity contribution < 1.29 is 0 Å². The summed E-state index contributed by atoms with van der Waals surface area (Å²) in [5, 5.41) is 7.99. The molecule has 4 aromatic heterocycles. The number of hydrogen-bond donors (Lipinski definition) is 0. The van der Waals surface area contributed by atoms with Crippen LogP contribution in [-0.2, 0) is 12.8 Å². The zero-order chi connectivity index (χ0) is 18.1. The predicted molar refractivity (Wildman–Crippen MR) is 101 cm³/mol. The topological polar surface area (TPSA) is 64.5 Å². The summed E-state index contributed by atoms with van der Waals surface area (Å²) in [6.45, 7) is 0. The molecule has 5 nitrogen and oxygen atoms in total. The van der Waals surface area contributed by atoms with E-state index in [0.29, 0.717) is 12.8 Å². The summed E-state index contributed by atoms with van der Waals surface area (Å²) in [6, 6.07) is 20.5. The fraction of sp³-hybridized carbons (Fsp3) is 0.136. The molecule has 1 aliphatic rings. The lowest BCUT2D eigenvalue weighted by Gasteiger charge is -2.18. The highest BCUT2D eigenvalue weighted by Crippen LogP contribution is 2.30. The first-order chi connectivity index (χ1) is 13.3. The van der Waals surface area contributed by atoms with Crippen molar-refractivity contribution in [1.82, 2.24) is 25.1 Å². The van der Waals surface area contributed by atoms with Crippen molar-refractivity contribution in [3.8, 4) is 0 Å². The smallest absolute Gasteiger partial charge is 0.0702 e. The molecule has 0 atom stereocenters. The Morgan fingerprint density at radius 1 is 0.593 bits per heavy atom. The van der Waals surface area contributed by atoms with Crippen LogP contribution in [0, 0.1) is 0 Å². The van der Waals surface area contributed by atoms with Gasteiger partial charge in [-0.05, 0) is 48.0 Å². The predicted octanol–water partition coefficient (Wildman–Crippen LogP) is 3.34. The molecule has 5 rings (SSSR count). The Morgan fingerprint density at radius 2 is 1.15 bits per heavy atom. The van der Waals surface area contributed by atoms with Crippen molar-refractivity contribution in [2.45, 2.75) is 18.8 Å². The van der Waals surface area contributed by atoms with E-state index in [9.17, 15) is 0 Å². The molecule has 0 radical (unpaired) electrons. The number of pyridine rings is 3. The van der Waals surface area contributed by atoms with Crippen LogP contribution in [0.4, 0.5) is 0 Å². The minimum atomic E-state index is -0.0777. The van der Waals surface area contributed by atoms with Gasteiger partial charge in [-0.25, -0.2) is 0 Å². The van der Waals surface area contributed by atoms with Gasteiger partial charge in [0.25, 0.3) is 0 Å². The monoisotopic (exact) mass is 351 g/mol. The normalized spacial score (nSPS) is 13.5. The summed E-state index contributed by atoms with van der Waals surface area (Å²) in [5.41, 5.74) is 7.01. The van der Waals surface area contributed by atoms with Crippen LogP contribution >= 0.6 is 0 Å². The van der Waals surface area contributed by atoms with Crippen molar-refractivity contribution in [3.63, 3.8) is 0 Å². The van der Waals surface area contributed by atoms with Crippen LogP contribution in [0.3, 0.4) is 0 Å². The van der Waals surface area contributed by atoms with E-state index in [-0.39, 0.29) is 5.92 Å². The number of hydrogen-bond acceptors (Lipinski definition) is 5. The zero-order valence-electron chi connectivity index (χ0n) is 14.7. The molecule has 0 saturated heterocycles. The lowest BCUT2D eigenvalue weighted by atomic mass is 9.92. The number of fused-ring (bicyclic) bond motifs is 6. The number of rotatable bonds is 1. The maximum absolute atomic E-state index is 4.94. The van der Waals surface area contributed by atoms with Gasteiger partial charge in [0.2, 0.25) is 0 Å². The molecule has 5 heteroatoms. The molecule has 0 unspecified atom stereocenters. The lowest BCUT2D eigenvalue weighted by Crippen LogP contribution is -2.12. The Balaban J connectivity index is 1.74. The molecule has 0 spiro atoms. The molecule has 130 valence electrons. The third kappa shape index (κ3) is 3.19. The molecule has 0 amide bonds. The summed E-state index contributed by atoms with van der Waals surface area (Å²) in [4.78, 5) is 14.7. The second-order valence-electron chi connectivity index (χ2n) is 6.69. The van der Waals surface area contributed by atoms with Gasteiger partial charge in [0.05, 0.1) is 23.5 Å². The maximum atomic E-state index is 4.94. The maximum Gasteiger partial charge on any atom is 0.0702 e. The summed E-state index contributed by atoms with van der Waals surface area (Å²) in [7, 11) is 0. The molecule has 1 aliphatic heterocycles. The van der Waals surface area contributed by atoms with Crippen LogP contribution in [-0.4, -0.2) is 25.1 Å². The van der Waals surface area contributed by atoms with Gasteiger partial charge in [-0.1, -0.05) is 18.2 Å². The van der Waals surface area contributed by atoms with Crippen LogP contribution in [0.5, 0.6) is 0 Å². The van der Waals surface area contributed by atoms with E-state index >= 15 is 0 Å². The fourth-order valence-corrected chi connectivity index (χ4v) is 3.58. The Bertz CT molecular complexity index is 1030. The van der Waals surface area contributed by atoms with E-state index in [2.05, 4.69) is 64.8 Å². The van der Waals surface area contributed by atoms with Gasteiger partial charge in [-0.3, -0.25) is 15.0 Å². The molecular formula is C22H17N5. The van der Waals surface area contributed by atoms with Gasteiger partial charge >= 0.3 is 0 Å². The van der Waals surface area contributed by atoms with Gasteiger partial charge in [-0.15, -0.1) is 0 Å². The Kier molecular flexibility index (Phi) is 3.90. The lowest BCUT2D eigenvalue weighted by molar-refractivity contribution is 0.818. The Morgan fingerprint density at radius 3 is 1.70 bits per heavy atom. The van der Waals surface area contributed by atoms with Crippen LogP contribution in [0.25, 0.3) is 0 Å².